The first kappa shape index (κ1) is 16.8. The van der Waals surface area contributed by atoms with Gasteiger partial charge in [-0.2, -0.15) is 18.4 Å². The number of anilines is 1. The Kier molecular flexibility index (Phi) is 4.86. The van der Waals surface area contributed by atoms with Crippen molar-refractivity contribution in [3.8, 4) is 17.3 Å². The Morgan fingerprint density at radius 2 is 1.91 bits per heavy atom. The Morgan fingerprint density at radius 3 is 2.43 bits per heavy atom. The van der Waals surface area contributed by atoms with Gasteiger partial charge in [-0.05, 0) is 13.0 Å². The van der Waals surface area contributed by atoms with Crippen molar-refractivity contribution in [2.75, 3.05) is 18.5 Å². The predicted molar refractivity (Wildman–Crippen MR) is 79.7 cm³/mol. The summed E-state index contributed by atoms with van der Waals surface area (Å²) < 4.78 is 39.7. The van der Waals surface area contributed by atoms with Crippen LogP contribution in [-0.4, -0.2) is 23.2 Å². The standard InChI is InChI=1S/C16H14F3N3O/c1-10-2-4-11(5-3-10)14-8-13(16(17,18)19)12(9-20)15(22-14)21-6-7-23/h2-5,8,23H,6-7H2,1H3,(H,21,22). The number of aliphatic hydroxyl groups excluding tert-OH is 1. The minimum absolute atomic E-state index is 0.00364. The van der Waals surface area contributed by atoms with Gasteiger partial charge in [-0.25, -0.2) is 4.98 Å². The van der Waals surface area contributed by atoms with E-state index in [2.05, 4.69) is 10.3 Å². The molecule has 2 N–H and O–H groups in total. The molecule has 7 heteroatoms. The number of halogens is 3. The molecule has 0 spiro atoms. The molecule has 0 fully saturated rings. The summed E-state index contributed by atoms with van der Waals surface area (Å²) in [6.07, 6.45) is -4.68. The number of hydrogen-bond acceptors (Lipinski definition) is 4. The highest BCUT2D eigenvalue weighted by Gasteiger charge is 2.36. The van der Waals surface area contributed by atoms with Crippen molar-refractivity contribution in [1.29, 1.82) is 5.26 Å². The van der Waals surface area contributed by atoms with E-state index in [1.54, 1.807) is 30.3 Å². The molecule has 0 amide bonds. The number of benzene rings is 1. The normalized spacial score (nSPS) is 11.1. The first-order chi connectivity index (χ1) is 10.9. The van der Waals surface area contributed by atoms with Crippen LogP contribution in [0.3, 0.4) is 0 Å². The van der Waals surface area contributed by atoms with E-state index in [0.717, 1.165) is 11.6 Å². The molecule has 1 heterocycles. The zero-order valence-corrected chi connectivity index (χ0v) is 12.3. The lowest BCUT2D eigenvalue weighted by molar-refractivity contribution is -0.137. The summed E-state index contributed by atoms with van der Waals surface area (Å²) in [7, 11) is 0. The van der Waals surface area contributed by atoms with E-state index >= 15 is 0 Å². The summed E-state index contributed by atoms with van der Waals surface area (Å²) in [6, 6.07) is 9.28. The number of nitrogens with one attached hydrogen (secondary N) is 1. The molecule has 2 aromatic rings. The zero-order chi connectivity index (χ0) is 17.0. The van der Waals surface area contributed by atoms with Crippen LogP contribution in [0.4, 0.5) is 19.0 Å². The molecule has 120 valence electrons. The van der Waals surface area contributed by atoms with E-state index < -0.39 is 17.3 Å². The van der Waals surface area contributed by atoms with Gasteiger partial charge in [-0.15, -0.1) is 0 Å². The van der Waals surface area contributed by atoms with Crippen molar-refractivity contribution in [1.82, 2.24) is 4.98 Å². The van der Waals surface area contributed by atoms with Crippen LogP contribution in [0.2, 0.25) is 0 Å². The number of alkyl halides is 3. The van der Waals surface area contributed by atoms with Crippen LogP contribution in [0.5, 0.6) is 0 Å². The third-order valence-electron chi connectivity index (χ3n) is 3.19. The highest BCUT2D eigenvalue weighted by atomic mass is 19.4. The first-order valence-electron chi connectivity index (χ1n) is 6.81. The second-order valence-electron chi connectivity index (χ2n) is 4.90. The molecule has 0 radical (unpaired) electrons. The highest BCUT2D eigenvalue weighted by Crippen LogP contribution is 2.36. The van der Waals surface area contributed by atoms with Crippen LogP contribution in [0, 0.1) is 18.3 Å². The highest BCUT2D eigenvalue weighted by molar-refractivity contribution is 5.68. The Balaban J connectivity index is 2.64. The molecule has 1 aromatic heterocycles. The molecule has 0 bridgehead atoms. The van der Waals surface area contributed by atoms with Gasteiger partial charge in [0.25, 0.3) is 0 Å². The van der Waals surface area contributed by atoms with E-state index in [4.69, 9.17) is 10.4 Å². The number of nitrogens with zero attached hydrogens (tertiary/aromatic N) is 2. The number of rotatable bonds is 4. The van der Waals surface area contributed by atoms with Crippen LogP contribution in [0.15, 0.2) is 30.3 Å². The minimum Gasteiger partial charge on any atom is -0.395 e. The molecule has 2 rings (SSSR count). The number of aliphatic hydroxyl groups is 1. The molecular formula is C16H14F3N3O. The number of aromatic nitrogens is 1. The summed E-state index contributed by atoms with van der Waals surface area (Å²) in [4.78, 5) is 4.11. The number of pyridine rings is 1. The summed E-state index contributed by atoms with van der Waals surface area (Å²) in [5.74, 6) is -0.188. The maximum absolute atomic E-state index is 13.2. The third-order valence-corrected chi connectivity index (χ3v) is 3.19. The topological polar surface area (TPSA) is 68.9 Å². The molecule has 0 aliphatic rings. The molecule has 0 saturated heterocycles. The quantitative estimate of drug-likeness (QED) is 0.906. The maximum Gasteiger partial charge on any atom is 0.417 e. The zero-order valence-electron chi connectivity index (χ0n) is 12.3. The largest absolute Gasteiger partial charge is 0.417 e. The smallest absolute Gasteiger partial charge is 0.395 e. The van der Waals surface area contributed by atoms with Crippen LogP contribution < -0.4 is 5.32 Å². The number of aryl methyl sites for hydroxylation is 1. The van der Waals surface area contributed by atoms with Gasteiger partial charge in [0.2, 0.25) is 0 Å². The fourth-order valence-corrected chi connectivity index (χ4v) is 2.06. The lowest BCUT2D eigenvalue weighted by Crippen LogP contribution is -2.14. The monoisotopic (exact) mass is 321 g/mol. The summed E-state index contributed by atoms with van der Waals surface area (Å²) >= 11 is 0. The summed E-state index contributed by atoms with van der Waals surface area (Å²) in [5, 5.41) is 20.5. The molecule has 4 nitrogen and oxygen atoms in total. The SMILES string of the molecule is Cc1ccc(-c2cc(C(F)(F)F)c(C#N)c(NCCO)n2)cc1. The Bertz CT molecular complexity index is 734. The molecule has 0 aliphatic heterocycles. The summed E-state index contributed by atoms with van der Waals surface area (Å²) in [6.45, 7) is 1.57. The lowest BCUT2D eigenvalue weighted by Gasteiger charge is -2.15. The fourth-order valence-electron chi connectivity index (χ4n) is 2.06. The van der Waals surface area contributed by atoms with Gasteiger partial charge in [0.15, 0.2) is 0 Å². The Labute approximate surface area is 131 Å². The van der Waals surface area contributed by atoms with Crippen molar-refractivity contribution < 1.29 is 18.3 Å². The van der Waals surface area contributed by atoms with Crippen molar-refractivity contribution in [3.05, 3.63) is 47.0 Å². The average molecular weight is 321 g/mol. The van der Waals surface area contributed by atoms with Crippen molar-refractivity contribution in [3.63, 3.8) is 0 Å². The van der Waals surface area contributed by atoms with Crippen molar-refractivity contribution in [2.24, 2.45) is 0 Å². The van der Waals surface area contributed by atoms with Crippen molar-refractivity contribution in [2.45, 2.75) is 13.1 Å². The molecule has 1 aromatic carbocycles. The average Bonchev–Trinajstić information content (AvgIpc) is 2.51. The van der Waals surface area contributed by atoms with Gasteiger partial charge >= 0.3 is 6.18 Å². The fraction of sp³-hybridized carbons (Fsp3) is 0.250. The molecule has 0 saturated carbocycles. The van der Waals surface area contributed by atoms with Gasteiger partial charge in [-0.1, -0.05) is 29.8 Å². The van der Waals surface area contributed by atoms with Crippen LogP contribution in [-0.2, 0) is 6.18 Å². The number of nitriles is 1. The van der Waals surface area contributed by atoms with Gasteiger partial charge < -0.3 is 10.4 Å². The van der Waals surface area contributed by atoms with E-state index in [9.17, 15) is 13.2 Å². The maximum atomic E-state index is 13.2. The van der Waals surface area contributed by atoms with E-state index in [-0.39, 0.29) is 24.7 Å². The van der Waals surface area contributed by atoms with Crippen LogP contribution >= 0.6 is 0 Å². The van der Waals surface area contributed by atoms with Gasteiger partial charge in [0.05, 0.1) is 17.9 Å². The molecule has 0 aliphatic carbocycles. The van der Waals surface area contributed by atoms with Crippen molar-refractivity contribution >= 4 is 5.82 Å². The van der Waals surface area contributed by atoms with Gasteiger partial charge in [0, 0.05) is 12.1 Å². The first-order valence-corrected chi connectivity index (χ1v) is 6.81. The van der Waals surface area contributed by atoms with E-state index in [1.807, 2.05) is 6.92 Å². The van der Waals surface area contributed by atoms with E-state index in [1.165, 1.54) is 0 Å². The van der Waals surface area contributed by atoms with Gasteiger partial charge in [-0.3, -0.25) is 0 Å². The molecule has 23 heavy (non-hydrogen) atoms. The Morgan fingerprint density at radius 1 is 1.26 bits per heavy atom. The Hall–Kier alpha value is -2.59. The number of hydrogen-bond donors (Lipinski definition) is 2. The third kappa shape index (κ3) is 3.79. The second-order valence-corrected chi connectivity index (χ2v) is 4.90. The van der Waals surface area contributed by atoms with E-state index in [0.29, 0.717) is 5.56 Å². The lowest BCUT2D eigenvalue weighted by atomic mass is 10.0. The van der Waals surface area contributed by atoms with Crippen LogP contribution in [0.1, 0.15) is 16.7 Å². The second kappa shape index (κ2) is 6.67. The van der Waals surface area contributed by atoms with Crippen LogP contribution in [0.25, 0.3) is 11.3 Å². The minimum atomic E-state index is -4.68. The molecule has 0 unspecified atom stereocenters. The van der Waals surface area contributed by atoms with Gasteiger partial charge in [0.1, 0.15) is 17.5 Å². The molecule has 0 atom stereocenters. The summed E-state index contributed by atoms with van der Waals surface area (Å²) in [5.41, 5.74) is -0.0423. The predicted octanol–water partition coefficient (Wildman–Crippen LogP) is 3.35. The molecular weight excluding hydrogens is 307 g/mol.